The van der Waals surface area contributed by atoms with Crippen molar-refractivity contribution in [1.29, 1.82) is 0 Å². The Morgan fingerprint density at radius 3 is 2.33 bits per heavy atom. The van der Waals surface area contributed by atoms with E-state index in [4.69, 9.17) is 10.8 Å². The quantitative estimate of drug-likeness (QED) is 0.761. The molecule has 2 heterocycles. The van der Waals surface area contributed by atoms with Crippen molar-refractivity contribution in [1.82, 2.24) is 4.90 Å². The molecule has 0 aromatic heterocycles. The zero-order valence-corrected chi connectivity index (χ0v) is 10.8. The second kappa shape index (κ2) is 5.26. The van der Waals surface area contributed by atoms with Gasteiger partial charge >= 0.3 is 5.97 Å². The highest BCUT2D eigenvalue weighted by atomic mass is 16.4. The highest BCUT2D eigenvalue weighted by Gasteiger charge is 2.41. The van der Waals surface area contributed by atoms with E-state index in [-0.39, 0.29) is 18.2 Å². The molecule has 0 radical (unpaired) electrons. The van der Waals surface area contributed by atoms with Crippen LogP contribution in [-0.4, -0.2) is 40.5 Å². The second-order valence-corrected chi connectivity index (χ2v) is 5.82. The minimum atomic E-state index is -0.696. The molecule has 102 valence electrons. The molecule has 1 amide bonds. The van der Waals surface area contributed by atoms with Crippen LogP contribution >= 0.6 is 0 Å². The fraction of sp³-hybridized carbons (Fsp3) is 0.846. The minimum absolute atomic E-state index is 0.121. The summed E-state index contributed by atoms with van der Waals surface area (Å²) >= 11 is 0. The van der Waals surface area contributed by atoms with Crippen LogP contribution in [0.2, 0.25) is 0 Å². The number of nitrogens with two attached hydrogens (primary N) is 1. The lowest BCUT2D eigenvalue weighted by Gasteiger charge is -2.39. The van der Waals surface area contributed by atoms with Crippen LogP contribution in [0.4, 0.5) is 0 Å². The van der Waals surface area contributed by atoms with Gasteiger partial charge in [-0.25, -0.2) is 0 Å². The number of rotatable bonds is 5. The van der Waals surface area contributed by atoms with Gasteiger partial charge in [0.05, 0.1) is 0 Å². The molecule has 2 aliphatic rings. The van der Waals surface area contributed by atoms with Crippen LogP contribution in [0.25, 0.3) is 0 Å². The molecule has 3 N–H and O–H groups in total. The van der Waals surface area contributed by atoms with Gasteiger partial charge < -0.3 is 10.8 Å². The maximum atomic E-state index is 11.1. The summed E-state index contributed by atoms with van der Waals surface area (Å²) < 4.78 is 0. The van der Waals surface area contributed by atoms with E-state index < -0.39 is 5.97 Å². The number of carboxylic acids is 1. The van der Waals surface area contributed by atoms with Crippen molar-refractivity contribution < 1.29 is 14.7 Å². The van der Waals surface area contributed by atoms with Crippen LogP contribution in [0.3, 0.4) is 0 Å². The van der Waals surface area contributed by atoms with E-state index in [1.807, 2.05) is 6.92 Å². The molecule has 0 aromatic carbocycles. The third-order valence-corrected chi connectivity index (χ3v) is 4.42. The summed E-state index contributed by atoms with van der Waals surface area (Å²) in [5.41, 5.74) is 5.31. The van der Waals surface area contributed by atoms with Gasteiger partial charge in [-0.2, -0.15) is 0 Å². The van der Waals surface area contributed by atoms with Crippen LogP contribution in [-0.2, 0) is 9.59 Å². The zero-order valence-electron chi connectivity index (χ0n) is 10.8. The lowest BCUT2D eigenvalue weighted by atomic mass is 9.87. The average molecular weight is 254 g/mol. The number of fused-ring (bicyclic) bond motifs is 2. The van der Waals surface area contributed by atoms with Gasteiger partial charge in [-0.1, -0.05) is 6.92 Å². The highest BCUT2D eigenvalue weighted by molar-refractivity contribution is 5.76. The molecule has 2 rings (SSSR count). The first kappa shape index (κ1) is 13.3. The Labute approximate surface area is 107 Å². The Morgan fingerprint density at radius 2 is 1.89 bits per heavy atom. The van der Waals surface area contributed by atoms with Crippen LogP contribution in [0.15, 0.2) is 0 Å². The van der Waals surface area contributed by atoms with Gasteiger partial charge in [0.1, 0.15) is 0 Å². The van der Waals surface area contributed by atoms with Crippen molar-refractivity contribution in [3.05, 3.63) is 0 Å². The maximum absolute atomic E-state index is 11.1. The normalized spacial score (nSPS) is 33.3. The number of carbonyl (C=O) groups excluding carboxylic acids is 1. The molecule has 0 spiro atoms. The zero-order chi connectivity index (χ0) is 13.3. The molecule has 0 aromatic rings. The molecule has 5 heteroatoms. The molecule has 2 aliphatic heterocycles. The lowest BCUT2D eigenvalue weighted by Crippen LogP contribution is -2.46. The Morgan fingerprint density at radius 1 is 1.33 bits per heavy atom. The number of hydrogen-bond acceptors (Lipinski definition) is 3. The van der Waals surface area contributed by atoms with Gasteiger partial charge in [0, 0.05) is 31.0 Å². The maximum Gasteiger partial charge on any atom is 0.303 e. The first-order valence-electron chi connectivity index (χ1n) is 6.74. The number of primary amides is 1. The van der Waals surface area contributed by atoms with E-state index in [0.717, 1.165) is 32.2 Å². The predicted molar refractivity (Wildman–Crippen MR) is 66.9 cm³/mol. The summed E-state index contributed by atoms with van der Waals surface area (Å²) in [6.07, 6.45) is 4.45. The Balaban J connectivity index is 1.93. The van der Waals surface area contributed by atoms with E-state index in [1.165, 1.54) is 0 Å². The van der Waals surface area contributed by atoms with Crippen molar-refractivity contribution in [2.75, 3.05) is 6.54 Å². The minimum Gasteiger partial charge on any atom is -0.481 e. The molecule has 0 aliphatic carbocycles. The summed E-state index contributed by atoms with van der Waals surface area (Å²) in [6.45, 7) is 2.59. The van der Waals surface area contributed by atoms with E-state index in [2.05, 4.69) is 4.90 Å². The summed E-state index contributed by atoms with van der Waals surface area (Å²) in [4.78, 5) is 24.3. The summed E-state index contributed by atoms with van der Waals surface area (Å²) in [6, 6.07) is 0.907. The Hall–Kier alpha value is -1.10. The number of carbonyl (C=O) groups is 2. The third-order valence-electron chi connectivity index (χ3n) is 4.42. The number of amides is 1. The molecule has 2 saturated heterocycles. The fourth-order valence-electron chi connectivity index (χ4n) is 3.50. The van der Waals surface area contributed by atoms with Crippen molar-refractivity contribution in [3.63, 3.8) is 0 Å². The van der Waals surface area contributed by atoms with Crippen molar-refractivity contribution in [3.8, 4) is 0 Å². The first-order valence-corrected chi connectivity index (χ1v) is 6.74. The number of hydrogen-bond donors (Lipinski definition) is 2. The number of nitrogens with zero attached hydrogens (tertiary/aromatic N) is 1. The van der Waals surface area contributed by atoms with Crippen LogP contribution in [0, 0.1) is 11.8 Å². The van der Waals surface area contributed by atoms with E-state index >= 15 is 0 Å². The Kier molecular flexibility index (Phi) is 3.90. The van der Waals surface area contributed by atoms with Gasteiger partial charge in [0.15, 0.2) is 0 Å². The summed E-state index contributed by atoms with van der Waals surface area (Å²) in [7, 11) is 0. The molecule has 18 heavy (non-hydrogen) atoms. The van der Waals surface area contributed by atoms with E-state index in [0.29, 0.717) is 18.0 Å². The van der Waals surface area contributed by atoms with Gasteiger partial charge in [0.25, 0.3) is 0 Å². The fourth-order valence-corrected chi connectivity index (χ4v) is 3.50. The molecular formula is C13H22N2O3. The van der Waals surface area contributed by atoms with Crippen molar-refractivity contribution in [2.24, 2.45) is 17.6 Å². The molecule has 0 saturated carbocycles. The Bertz CT molecular complexity index is 331. The number of aliphatic carboxylic acids is 1. The molecular weight excluding hydrogens is 232 g/mol. The average Bonchev–Trinajstić information content (AvgIpc) is 2.51. The van der Waals surface area contributed by atoms with Crippen LogP contribution < -0.4 is 5.73 Å². The molecule has 5 nitrogen and oxygen atoms in total. The topological polar surface area (TPSA) is 83.6 Å². The predicted octanol–water partition coefficient (Wildman–Crippen LogP) is 0.825. The standard InChI is InChI=1S/C13H22N2O3/c1-8(13(14)18)7-15-10-2-3-11(15)5-9(4-10)6-12(16)17/h8-11H,2-7H2,1H3,(H2,14,18)(H,16,17). The smallest absolute Gasteiger partial charge is 0.303 e. The summed E-state index contributed by atoms with van der Waals surface area (Å²) in [5, 5.41) is 8.87. The van der Waals surface area contributed by atoms with Gasteiger partial charge in [-0.05, 0) is 31.6 Å². The lowest BCUT2D eigenvalue weighted by molar-refractivity contribution is -0.138. The van der Waals surface area contributed by atoms with Gasteiger partial charge in [0.2, 0.25) is 5.91 Å². The SMILES string of the molecule is CC(CN1C2CCC1CC(CC(=O)O)C2)C(N)=O. The summed E-state index contributed by atoms with van der Waals surface area (Å²) in [5.74, 6) is -0.760. The molecule has 3 atom stereocenters. The van der Waals surface area contributed by atoms with E-state index in [9.17, 15) is 9.59 Å². The second-order valence-electron chi connectivity index (χ2n) is 5.82. The molecule has 3 unspecified atom stereocenters. The van der Waals surface area contributed by atoms with Crippen molar-refractivity contribution >= 4 is 11.9 Å². The monoisotopic (exact) mass is 254 g/mol. The van der Waals surface area contributed by atoms with E-state index in [1.54, 1.807) is 0 Å². The highest BCUT2D eigenvalue weighted by Crippen LogP contribution is 2.40. The van der Waals surface area contributed by atoms with Gasteiger partial charge in [-0.15, -0.1) is 0 Å². The first-order chi connectivity index (χ1) is 8.47. The molecule has 2 fully saturated rings. The van der Waals surface area contributed by atoms with Gasteiger partial charge in [-0.3, -0.25) is 14.5 Å². The number of piperidine rings is 1. The third kappa shape index (κ3) is 2.83. The molecule has 2 bridgehead atoms. The number of carboxylic acid groups (broad SMARTS) is 1. The largest absolute Gasteiger partial charge is 0.481 e. The van der Waals surface area contributed by atoms with Crippen LogP contribution in [0.5, 0.6) is 0 Å². The van der Waals surface area contributed by atoms with Crippen molar-refractivity contribution in [2.45, 2.75) is 51.1 Å². The van der Waals surface area contributed by atoms with Crippen LogP contribution in [0.1, 0.15) is 39.0 Å².